The lowest BCUT2D eigenvalue weighted by Crippen LogP contribution is -2.55. The van der Waals surface area contributed by atoms with Gasteiger partial charge in [0.2, 0.25) is 0 Å². The summed E-state index contributed by atoms with van der Waals surface area (Å²) in [6.07, 6.45) is 10.7. The fourth-order valence-electron chi connectivity index (χ4n) is 10.4. The predicted octanol–water partition coefficient (Wildman–Crippen LogP) is 7.07. The zero-order valence-corrected chi connectivity index (χ0v) is 22.3. The molecule has 5 aliphatic rings. The van der Waals surface area contributed by atoms with Crippen LogP contribution in [-0.4, -0.2) is 17.9 Å². The molecule has 3 heteroatoms. The SMILES string of the molecule is CC(=O)O[C@@H](C[C@@H](C)C(C)C)[C@@H](C)[C@H]1CC[C@H]2[C@@H]3CC(=O)[C@]45C[C@H]4CC[C@]5(C)[C@H]3CC[C@]12C. The third-order valence-corrected chi connectivity index (χ3v) is 12.7. The molecule has 0 heterocycles. The molecule has 0 aromatic rings. The van der Waals surface area contributed by atoms with Gasteiger partial charge in [-0.05, 0) is 110 Å². The van der Waals surface area contributed by atoms with Crippen molar-refractivity contribution in [3.05, 3.63) is 0 Å². The van der Waals surface area contributed by atoms with Crippen molar-refractivity contribution in [2.24, 2.45) is 63.6 Å². The van der Waals surface area contributed by atoms with Crippen molar-refractivity contribution in [2.75, 3.05) is 0 Å². The molecule has 0 aromatic carbocycles. The van der Waals surface area contributed by atoms with Gasteiger partial charge in [0.1, 0.15) is 11.9 Å². The Kier molecular flexibility index (Phi) is 5.66. The number of carbonyl (C=O) groups is 2. The second-order valence-corrected chi connectivity index (χ2v) is 14.0. The number of ketones is 1. The number of carbonyl (C=O) groups excluding carboxylic acids is 2. The van der Waals surface area contributed by atoms with Crippen molar-refractivity contribution >= 4 is 11.8 Å². The summed E-state index contributed by atoms with van der Waals surface area (Å²) in [5.74, 6) is 5.32. The minimum absolute atomic E-state index is 0.00836. The van der Waals surface area contributed by atoms with Crippen molar-refractivity contribution < 1.29 is 14.3 Å². The molecule has 33 heavy (non-hydrogen) atoms. The predicted molar refractivity (Wildman–Crippen MR) is 131 cm³/mol. The van der Waals surface area contributed by atoms with Crippen LogP contribution in [0.2, 0.25) is 0 Å². The molecule has 186 valence electrons. The van der Waals surface area contributed by atoms with E-state index in [2.05, 4.69) is 41.5 Å². The minimum Gasteiger partial charge on any atom is -0.462 e. The monoisotopic (exact) mass is 456 g/mol. The molecular weight excluding hydrogens is 408 g/mol. The van der Waals surface area contributed by atoms with Crippen LogP contribution in [0, 0.1) is 63.6 Å². The van der Waals surface area contributed by atoms with Crippen molar-refractivity contribution in [1.82, 2.24) is 0 Å². The Morgan fingerprint density at radius 2 is 1.76 bits per heavy atom. The summed E-state index contributed by atoms with van der Waals surface area (Å²) in [6.45, 7) is 15.8. The molecule has 0 amide bonds. The lowest BCUT2D eigenvalue weighted by atomic mass is 9.45. The fourth-order valence-corrected chi connectivity index (χ4v) is 10.4. The number of hydrogen-bond acceptors (Lipinski definition) is 3. The van der Waals surface area contributed by atoms with Crippen LogP contribution in [0.3, 0.4) is 0 Å². The Morgan fingerprint density at radius 3 is 2.39 bits per heavy atom. The van der Waals surface area contributed by atoms with Gasteiger partial charge in [0.25, 0.3) is 0 Å². The summed E-state index contributed by atoms with van der Waals surface area (Å²) in [6, 6.07) is 0. The Labute approximate surface area is 202 Å². The molecule has 0 saturated heterocycles. The third kappa shape index (κ3) is 3.25. The van der Waals surface area contributed by atoms with Gasteiger partial charge in [0.05, 0.1) is 0 Å². The van der Waals surface area contributed by atoms with Crippen molar-refractivity contribution in [2.45, 2.75) is 112 Å². The quantitative estimate of drug-likeness (QED) is 0.401. The van der Waals surface area contributed by atoms with Gasteiger partial charge in [-0.3, -0.25) is 9.59 Å². The normalized spacial score (nSPS) is 48.4. The van der Waals surface area contributed by atoms with Gasteiger partial charge >= 0.3 is 5.97 Å². The third-order valence-electron chi connectivity index (χ3n) is 12.7. The zero-order chi connectivity index (χ0) is 23.9. The summed E-state index contributed by atoms with van der Waals surface area (Å²) in [4.78, 5) is 25.6. The molecule has 1 spiro atoms. The van der Waals surface area contributed by atoms with Crippen LogP contribution < -0.4 is 0 Å². The molecule has 11 atom stereocenters. The fraction of sp³-hybridized carbons (Fsp3) is 0.933. The number of hydrogen-bond donors (Lipinski definition) is 0. The summed E-state index contributed by atoms with van der Waals surface area (Å²) in [7, 11) is 0. The first-order chi connectivity index (χ1) is 15.5. The number of Topliss-reactive ketones (excluding diaryl/α,β-unsaturated/α-hetero) is 1. The Morgan fingerprint density at radius 1 is 1.03 bits per heavy atom. The topological polar surface area (TPSA) is 43.4 Å². The Balaban J connectivity index is 1.38. The van der Waals surface area contributed by atoms with Gasteiger partial charge in [0, 0.05) is 18.8 Å². The van der Waals surface area contributed by atoms with E-state index in [1.165, 1.54) is 44.9 Å². The first kappa shape index (κ1) is 23.9. The first-order valence-electron chi connectivity index (χ1n) is 14.2. The first-order valence-corrected chi connectivity index (χ1v) is 14.2. The molecule has 5 saturated carbocycles. The zero-order valence-electron chi connectivity index (χ0n) is 22.3. The van der Waals surface area contributed by atoms with Crippen LogP contribution >= 0.6 is 0 Å². The summed E-state index contributed by atoms with van der Waals surface area (Å²) < 4.78 is 5.99. The standard InChI is InChI=1S/C30H48O3/c1-17(2)18(3)14-26(33-20(5)31)19(4)23-8-9-24-22-15-27(32)30-16-21(30)10-13-29(30,7)25(22)11-12-28(23,24)6/h17-19,21-26H,8-16H2,1-7H3/t18-,19+,21-,22+,23-,24+,25+,26+,28-,29-,30+/m1/s1. The van der Waals surface area contributed by atoms with E-state index >= 15 is 0 Å². The van der Waals surface area contributed by atoms with E-state index in [0.29, 0.717) is 47.2 Å². The van der Waals surface area contributed by atoms with E-state index in [-0.39, 0.29) is 28.3 Å². The molecule has 5 rings (SSSR count). The summed E-state index contributed by atoms with van der Waals surface area (Å²) in [5.41, 5.74) is 0.638. The van der Waals surface area contributed by atoms with Crippen LogP contribution in [0.4, 0.5) is 0 Å². The van der Waals surface area contributed by atoms with E-state index in [4.69, 9.17) is 4.74 Å². The van der Waals surface area contributed by atoms with Crippen molar-refractivity contribution in [3.8, 4) is 0 Å². The Hall–Kier alpha value is -0.860. The van der Waals surface area contributed by atoms with E-state index in [0.717, 1.165) is 18.8 Å². The van der Waals surface area contributed by atoms with E-state index < -0.39 is 0 Å². The largest absolute Gasteiger partial charge is 0.462 e. The lowest BCUT2D eigenvalue weighted by Gasteiger charge is -2.58. The van der Waals surface area contributed by atoms with Gasteiger partial charge < -0.3 is 4.74 Å². The second kappa shape index (κ2) is 7.82. The molecule has 0 bridgehead atoms. The van der Waals surface area contributed by atoms with Crippen molar-refractivity contribution in [1.29, 1.82) is 0 Å². The summed E-state index contributed by atoms with van der Waals surface area (Å²) in [5, 5.41) is 0. The molecule has 0 aromatic heterocycles. The maximum absolute atomic E-state index is 13.6. The van der Waals surface area contributed by atoms with Crippen LogP contribution in [-0.2, 0) is 14.3 Å². The number of esters is 1. The molecule has 0 radical (unpaired) electrons. The van der Waals surface area contributed by atoms with Crippen LogP contribution in [0.1, 0.15) is 106 Å². The molecule has 3 nitrogen and oxygen atoms in total. The Bertz CT molecular complexity index is 817. The minimum atomic E-state index is -0.137. The van der Waals surface area contributed by atoms with Crippen LogP contribution in [0.15, 0.2) is 0 Å². The molecule has 0 aliphatic heterocycles. The summed E-state index contributed by atoms with van der Waals surface area (Å²) >= 11 is 0. The maximum atomic E-state index is 13.6. The number of fused-ring (bicyclic) bond motifs is 4. The van der Waals surface area contributed by atoms with Gasteiger partial charge in [0.15, 0.2) is 0 Å². The van der Waals surface area contributed by atoms with Gasteiger partial charge in [-0.15, -0.1) is 0 Å². The molecule has 0 N–H and O–H groups in total. The maximum Gasteiger partial charge on any atom is 0.302 e. The molecule has 0 unspecified atom stereocenters. The molecule has 5 aliphatic carbocycles. The highest BCUT2D eigenvalue weighted by atomic mass is 16.5. The number of ether oxygens (including phenoxy) is 1. The highest BCUT2D eigenvalue weighted by molar-refractivity contribution is 5.91. The smallest absolute Gasteiger partial charge is 0.302 e. The lowest BCUT2D eigenvalue weighted by molar-refractivity contribution is -0.158. The van der Waals surface area contributed by atoms with Crippen LogP contribution in [0.25, 0.3) is 0 Å². The second-order valence-electron chi connectivity index (χ2n) is 14.0. The molecular formula is C30H48O3. The number of rotatable bonds is 6. The highest BCUT2D eigenvalue weighted by Gasteiger charge is 2.77. The van der Waals surface area contributed by atoms with Gasteiger partial charge in [-0.1, -0.05) is 41.5 Å². The average molecular weight is 457 g/mol. The van der Waals surface area contributed by atoms with Gasteiger partial charge in [-0.2, -0.15) is 0 Å². The van der Waals surface area contributed by atoms with Gasteiger partial charge in [-0.25, -0.2) is 0 Å². The average Bonchev–Trinajstić information content (AvgIpc) is 3.27. The molecule has 5 fully saturated rings. The van der Waals surface area contributed by atoms with E-state index in [9.17, 15) is 9.59 Å². The van der Waals surface area contributed by atoms with Crippen molar-refractivity contribution in [3.63, 3.8) is 0 Å². The van der Waals surface area contributed by atoms with E-state index in [1.807, 2.05) is 0 Å². The van der Waals surface area contributed by atoms with E-state index in [1.54, 1.807) is 6.92 Å². The van der Waals surface area contributed by atoms with Crippen LogP contribution in [0.5, 0.6) is 0 Å². The highest BCUT2D eigenvalue weighted by Crippen LogP contribution is 2.80.